The molecule has 0 spiro atoms. The molecule has 1 aromatic carbocycles. The Morgan fingerprint density at radius 1 is 1.59 bits per heavy atom. The molecule has 0 saturated carbocycles. The van der Waals surface area contributed by atoms with Crippen LogP contribution in [0.15, 0.2) is 11.1 Å². The maximum Gasteiger partial charge on any atom is 0.341 e. The number of phenols is 1. The highest BCUT2D eigenvalue weighted by molar-refractivity contribution is 7.02. The molecule has 0 amide bonds. The Bertz CT molecular complexity index is 542. The number of rotatable bonds is 1. The lowest BCUT2D eigenvalue weighted by atomic mass is 10.1. The van der Waals surface area contributed by atoms with E-state index in [0.29, 0.717) is 10.7 Å². The minimum atomic E-state index is -0.986. The summed E-state index contributed by atoms with van der Waals surface area (Å²) in [5, 5.41) is 12.3. The molecule has 1 N–H and O–H groups in total. The summed E-state index contributed by atoms with van der Waals surface area (Å²) in [4.78, 5) is 15.8. The Hall–Kier alpha value is -1.33. The highest BCUT2D eigenvalue weighted by Crippen LogP contribution is 2.36. The van der Waals surface area contributed by atoms with Gasteiger partial charge in [0.2, 0.25) is 0 Å². The number of aliphatic imine (C=N–C) groups is 1. The zero-order valence-electron chi connectivity index (χ0n) is 9.67. The van der Waals surface area contributed by atoms with Crippen LogP contribution >= 0.6 is 11.6 Å². The Kier molecular flexibility index (Phi) is 2.97. The summed E-state index contributed by atoms with van der Waals surface area (Å²) in [6.45, 7) is 3.96. The number of fused-ring (bicyclic) bond motifs is 1. The van der Waals surface area contributed by atoms with Crippen molar-refractivity contribution >= 4 is 42.6 Å². The van der Waals surface area contributed by atoms with Gasteiger partial charge in [0.05, 0.1) is 7.11 Å². The fourth-order valence-electron chi connectivity index (χ4n) is 1.79. The van der Waals surface area contributed by atoms with Crippen LogP contribution in [0.25, 0.3) is 0 Å². The molecular formula is C11H11ClNO3Si. The molecule has 0 unspecified atom stereocenters. The molecule has 1 heterocycles. The third kappa shape index (κ3) is 1.75. The predicted octanol–water partition coefficient (Wildman–Crippen LogP) is 1.81. The second-order valence-electron chi connectivity index (χ2n) is 3.79. The molecule has 1 radical (unpaired) electrons. The van der Waals surface area contributed by atoms with E-state index in [9.17, 15) is 9.90 Å². The van der Waals surface area contributed by atoms with Gasteiger partial charge < -0.3 is 9.84 Å². The molecule has 1 aliphatic heterocycles. The Morgan fingerprint density at radius 2 is 2.24 bits per heavy atom. The van der Waals surface area contributed by atoms with Crippen LogP contribution in [-0.4, -0.2) is 32.3 Å². The van der Waals surface area contributed by atoms with Gasteiger partial charge in [-0.2, -0.15) is 0 Å². The first-order valence-electron chi connectivity index (χ1n) is 5.00. The van der Waals surface area contributed by atoms with Crippen LogP contribution < -0.4 is 5.19 Å². The minimum absolute atomic E-state index is 0.0597. The van der Waals surface area contributed by atoms with Crippen LogP contribution in [0, 0.1) is 0 Å². The number of carbonyl (C=O) groups excluding carboxylic acids is 1. The number of halogens is 1. The average Bonchev–Trinajstić information content (AvgIpc) is 2.60. The summed E-state index contributed by atoms with van der Waals surface area (Å²) in [6, 6.07) is 1.45. The predicted molar refractivity (Wildman–Crippen MR) is 68.5 cm³/mol. The van der Waals surface area contributed by atoms with Crippen molar-refractivity contribution in [2.24, 2.45) is 4.99 Å². The third-order valence-electron chi connectivity index (χ3n) is 2.83. The molecule has 17 heavy (non-hydrogen) atoms. The van der Waals surface area contributed by atoms with Crippen LogP contribution in [0.4, 0.5) is 5.69 Å². The van der Waals surface area contributed by atoms with Crippen molar-refractivity contribution in [1.29, 1.82) is 0 Å². The van der Waals surface area contributed by atoms with Crippen LogP contribution in [0.3, 0.4) is 0 Å². The van der Waals surface area contributed by atoms with Crippen molar-refractivity contribution in [2.45, 2.75) is 13.5 Å². The topological polar surface area (TPSA) is 58.9 Å². The fraction of sp³-hybridized carbons (Fsp3) is 0.273. The first-order valence-corrected chi connectivity index (χ1v) is 7.38. The van der Waals surface area contributed by atoms with Crippen LogP contribution in [0.1, 0.15) is 17.3 Å². The molecule has 0 fully saturated rings. The minimum Gasteiger partial charge on any atom is -0.505 e. The van der Waals surface area contributed by atoms with Gasteiger partial charge in [0.25, 0.3) is 0 Å². The van der Waals surface area contributed by atoms with Crippen molar-refractivity contribution in [3.63, 3.8) is 0 Å². The van der Waals surface area contributed by atoms with Gasteiger partial charge in [-0.05, 0) is 18.2 Å². The van der Waals surface area contributed by atoms with Gasteiger partial charge in [-0.3, -0.25) is 4.99 Å². The van der Waals surface area contributed by atoms with Crippen LogP contribution in [-0.2, 0) is 4.74 Å². The fourth-order valence-corrected chi connectivity index (χ4v) is 4.01. The van der Waals surface area contributed by atoms with Gasteiger partial charge in [0.1, 0.15) is 20.0 Å². The Labute approximate surface area is 105 Å². The second kappa shape index (κ2) is 4.16. The molecule has 1 aliphatic rings. The van der Waals surface area contributed by atoms with Gasteiger partial charge in [-0.15, -0.1) is 0 Å². The summed E-state index contributed by atoms with van der Waals surface area (Å²) in [5.41, 5.74) is 0.483. The van der Waals surface area contributed by atoms with Crippen LogP contribution in [0.5, 0.6) is 5.75 Å². The normalized spacial score (nSPS) is 14.5. The number of aromatic hydroxyl groups is 1. The number of benzene rings is 1. The zero-order valence-corrected chi connectivity index (χ0v) is 11.4. The van der Waals surface area contributed by atoms with Gasteiger partial charge in [-0.1, -0.05) is 18.1 Å². The van der Waals surface area contributed by atoms with Crippen molar-refractivity contribution < 1.29 is 14.6 Å². The van der Waals surface area contributed by atoms with Gasteiger partial charge in [0.15, 0.2) is 5.75 Å². The number of phenolic OH excluding ortho intramolecular Hbond substituents is 1. The first kappa shape index (κ1) is 12.1. The summed E-state index contributed by atoms with van der Waals surface area (Å²) in [7, 11) is 0.270. The SMILES string of the molecule is COC(=O)c1cc(Cl)c2c(c1O)N=C(C)[Si]2C. The van der Waals surface area contributed by atoms with E-state index in [4.69, 9.17) is 11.6 Å². The molecule has 0 atom stereocenters. The lowest BCUT2D eigenvalue weighted by molar-refractivity contribution is 0.0597. The number of carbonyl (C=O) groups is 1. The summed E-state index contributed by atoms with van der Waals surface area (Å²) >= 11 is 6.14. The maximum atomic E-state index is 11.5. The highest BCUT2D eigenvalue weighted by atomic mass is 35.5. The lowest BCUT2D eigenvalue weighted by Crippen LogP contribution is -2.30. The highest BCUT2D eigenvalue weighted by Gasteiger charge is 2.30. The Morgan fingerprint density at radius 3 is 2.82 bits per heavy atom. The lowest BCUT2D eigenvalue weighted by Gasteiger charge is -2.10. The molecule has 0 aromatic heterocycles. The standard InChI is InChI=1S/C11H11ClNO3Si/c1-5-13-8-9(14)6(11(15)16-2)4-7(12)10(8)17(5)3/h4,14H,1-3H3. The first-order chi connectivity index (χ1) is 7.97. The number of hydrogen-bond acceptors (Lipinski definition) is 4. The summed E-state index contributed by atoms with van der Waals surface area (Å²) in [6.07, 6.45) is 0. The molecule has 0 aliphatic carbocycles. The van der Waals surface area contributed by atoms with Gasteiger partial charge in [-0.25, -0.2) is 4.79 Å². The molecule has 89 valence electrons. The maximum absolute atomic E-state index is 11.5. The molecule has 2 rings (SSSR count). The van der Waals surface area contributed by atoms with E-state index in [1.165, 1.54) is 13.2 Å². The average molecular weight is 269 g/mol. The number of ether oxygens (including phenoxy) is 1. The van der Waals surface area contributed by atoms with E-state index < -0.39 is 14.8 Å². The van der Waals surface area contributed by atoms with E-state index in [0.717, 1.165) is 10.5 Å². The molecule has 0 bridgehead atoms. The zero-order chi connectivity index (χ0) is 12.7. The molecule has 1 aromatic rings. The quantitative estimate of drug-likeness (QED) is 0.624. The van der Waals surface area contributed by atoms with E-state index in [-0.39, 0.29) is 11.3 Å². The largest absolute Gasteiger partial charge is 0.505 e. The van der Waals surface area contributed by atoms with Crippen LogP contribution in [0.2, 0.25) is 11.6 Å². The third-order valence-corrected chi connectivity index (χ3v) is 5.74. The monoisotopic (exact) mass is 268 g/mol. The summed E-state index contributed by atoms with van der Waals surface area (Å²) in [5.74, 6) is -0.755. The van der Waals surface area contributed by atoms with Crippen molar-refractivity contribution in [3.8, 4) is 5.75 Å². The van der Waals surface area contributed by atoms with E-state index in [1.807, 2.05) is 6.92 Å². The van der Waals surface area contributed by atoms with Gasteiger partial charge >= 0.3 is 5.97 Å². The van der Waals surface area contributed by atoms with Crippen molar-refractivity contribution in [1.82, 2.24) is 0 Å². The van der Waals surface area contributed by atoms with Gasteiger partial charge in [0, 0.05) is 10.4 Å². The number of hydrogen-bond donors (Lipinski definition) is 1. The number of methoxy groups -OCH3 is 1. The number of nitrogens with zero attached hydrogens (tertiary/aromatic N) is 1. The Balaban J connectivity index is 2.68. The molecule has 6 heteroatoms. The van der Waals surface area contributed by atoms with E-state index >= 15 is 0 Å². The summed E-state index contributed by atoms with van der Waals surface area (Å²) < 4.78 is 4.59. The van der Waals surface area contributed by atoms with Crippen molar-refractivity contribution in [2.75, 3.05) is 7.11 Å². The van der Waals surface area contributed by atoms with Crippen molar-refractivity contribution in [3.05, 3.63) is 16.7 Å². The molecule has 4 nitrogen and oxygen atoms in total. The number of esters is 1. The second-order valence-corrected chi connectivity index (χ2v) is 6.67. The molecular weight excluding hydrogens is 258 g/mol. The molecule has 0 saturated heterocycles. The van der Waals surface area contributed by atoms with E-state index in [1.54, 1.807) is 0 Å². The smallest absolute Gasteiger partial charge is 0.341 e. The van der Waals surface area contributed by atoms with E-state index in [2.05, 4.69) is 16.3 Å².